The molecule has 0 aromatic rings. The van der Waals surface area contributed by atoms with Crippen LogP contribution in [-0.2, 0) is 0 Å². The largest absolute Gasteiger partial charge is 0.295 e. The van der Waals surface area contributed by atoms with Crippen LogP contribution in [0.5, 0.6) is 0 Å². The Balaban J connectivity index is 4.10. The van der Waals surface area contributed by atoms with Crippen molar-refractivity contribution in [1.29, 1.82) is 0 Å². The third kappa shape index (κ3) is 3.40. The molecule has 0 saturated heterocycles. The van der Waals surface area contributed by atoms with Gasteiger partial charge >= 0.3 is 0 Å². The van der Waals surface area contributed by atoms with Gasteiger partial charge in [0.2, 0.25) is 0 Å². The minimum absolute atomic E-state index is 0.514. The molecule has 0 N–H and O–H groups in total. The van der Waals surface area contributed by atoms with Gasteiger partial charge in [-0.15, -0.1) is 6.58 Å². The zero-order valence-corrected chi connectivity index (χ0v) is 9.01. The van der Waals surface area contributed by atoms with Gasteiger partial charge in [-0.25, -0.2) is 0 Å². The fourth-order valence-corrected chi connectivity index (χ4v) is 1.45. The topological polar surface area (TPSA) is 3.24 Å². The van der Waals surface area contributed by atoms with E-state index in [1.165, 1.54) is 19.4 Å². The summed E-state index contributed by atoms with van der Waals surface area (Å²) in [6.45, 7) is 14.0. The number of nitrogens with zero attached hydrogens (tertiary/aromatic N) is 1. The highest BCUT2D eigenvalue weighted by Gasteiger charge is 2.14. The molecule has 0 heterocycles. The van der Waals surface area contributed by atoms with Gasteiger partial charge in [0.1, 0.15) is 0 Å². The maximum absolute atomic E-state index is 3.84. The zero-order chi connectivity index (χ0) is 9.56. The molecular formula is C11H23N. The predicted molar refractivity (Wildman–Crippen MR) is 56.4 cm³/mol. The summed E-state index contributed by atoms with van der Waals surface area (Å²) in [5.41, 5.74) is 0. The molecule has 0 amide bonds. The van der Waals surface area contributed by atoms with Gasteiger partial charge in [-0.3, -0.25) is 4.90 Å². The molecule has 1 heteroatoms. The fraction of sp³-hybridized carbons (Fsp3) is 0.818. The molecule has 12 heavy (non-hydrogen) atoms. The quantitative estimate of drug-likeness (QED) is 0.552. The van der Waals surface area contributed by atoms with Crippen LogP contribution in [0.25, 0.3) is 0 Å². The first-order valence-electron chi connectivity index (χ1n) is 5.05. The first kappa shape index (κ1) is 11.7. The maximum atomic E-state index is 3.84. The molecule has 0 aromatic carbocycles. The fourth-order valence-electron chi connectivity index (χ4n) is 1.45. The second-order valence-electron chi connectivity index (χ2n) is 3.47. The van der Waals surface area contributed by atoms with Crippen molar-refractivity contribution in [2.45, 2.75) is 52.6 Å². The van der Waals surface area contributed by atoms with E-state index in [-0.39, 0.29) is 0 Å². The van der Waals surface area contributed by atoms with Crippen LogP contribution >= 0.6 is 0 Å². The lowest BCUT2D eigenvalue weighted by atomic mass is 10.1. The molecule has 2 atom stereocenters. The van der Waals surface area contributed by atoms with E-state index in [2.05, 4.69) is 39.2 Å². The molecule has 0 fully saturated rings. The summed E-state index contributed by atoms with van der Waals surface area (Å²) in [7, 11) is 0. The van der Waals surface area contributed by atoms with Gasteiger partial charge < -0.3 is 0 Å². The molecule has 72 valence electrons. The van der Waals surface area contributed by atoms with Gasteiger partial charge in [-0.1, -0.05) is 19.9 Å². The summed E-state index contributed by atoms with van der Waals surface area (Å²) in [6, 6.07) is 1.19. The smallest absolute Gasteiger partial charge is 0.0250 e. The highest BCUT2D eigenvalue weighted by atomic mass is 15.2. The Morgan fingerprint density at radius 1 is 1.33 bits per heavy atom. The summed E-state index contributed by atoms with van der Waals surface area (Å²) < 4.78 is 0. The Labute approximate surface area is 77.5 Å². The molecule has 0 aromatic heterocycles. The van der Waals surface area contributed by atoms with Crippen molar-refractivity contribution in [2.24, 2.45) is 0 Å². The predicted octanol–water partition coefficient (Wildman–Crippen LogP) is 3.07. The molecule has 0 saturated carbocycles. The third-order valence-corrected chi connectivity index (χ3v) is 2.50. The van der Waals surface area contributed by atoms with E-state index in [0.29, 0.717) is 12.1 Å². The van der Waals surface area contributed by atoms with Gasteiger partial charge in [0.25, 0.3) is 0 Å². The lowest BCUT2D eigenvalue weighted by molar-refractivity contribution is 0.176. The van der Waals surface area contributed by atoms with Crippen molar-refractivity contribution < 1.29 is 0 Å². The number of hydrogen-bond donors (Lipinski definition) is 0. The summed E-state index contributed by atoms with van der Waals surface area (Å²) in [6.07, 6.45) is 4.47. The van der Waals surface area contributed by atoms with E-state index in [0.717, 1.165) is 0 Å². The van der Waals surface area contributed by atoms with Crippen LogP contribution in [0, 0.1) is 0 Å². The van der Waals surface area contributed by atoms with Crippen LogP contribution in [0.4, 0.5) is 0 Å². The van der Waals surface area contributed by atoms with Crippen LogP contribution in [0.2, 0.25) is 0 Å². The molecule has 0 radical (unpaired) electrons. The SMILES string of the molecule is C=CC(C)N(CCC)C(C)CC. The van der Waals surface area contributed by atoms with Crippen molar-refractivity contribution in [2.75, 3.05) is 6.54 Å². The van der Waals surface area contributed by atoms with Crippen molar-refractivity contribution in [3.63, 3.8) is 0 Å². The molecule has 1 nitrogen and oxygen atoms in total. The van der Waals surface area contributed by atoms with Gasteiger partial charge in [0, 0.05) is 12.1 Å². The van der Waals surface area contributed by atoms with E-state index >= 15 is 0 Å². The molecule has 0 bridgehead atoms. The van der Waals surface area contributed by atoms with E-state index < -0.39 is 0 Å². The van der Waals surface area contributed by atoms with Gasteiger partial charge in [0.15, 0.2) is 0 Å². The summed E-state index contributed by atoms with van der Waals surface area (Å²) in [4.78, 5) is 2.51. The first-order chi connectivity index (χ1) is 5.67. The average molecular weight is 169 g/mol. The molecular weight excluding hydrogens is 146 g/mol. The van der Waals surface area contributed by atoms with Gasteiger partial charge in [0.05, 0.1) is 0 Å². The third-order valence-electron chi connectivity index (χ3n) is 2.50. The molecule has 0 rings (SSSR count). The van der Waals surface area contributed by atoms with Gasteiger partial charge in [-0.2, -0.15) is 0 Å². The minimum Gasteiger partial charge on any atom is -0.295 e. The Bertz CT molecular complexity index is 120. The monoisotopic (exact) mass is 169 g/mol. The van der Waals surface area contributed by atoms with Crippen LogP contribution in [-0.4, -0.2) is 23.5 Å². The van der Waals surface area contributed by atoms with Crippen molar-refractivity contribution in [3.05, 3.63) is 12.7 Å². The minimum atomic E-state index is 0.514. The van der Waals surface area contributed by atoms with Crippen LogP contribution in [0.1, 0.15) is 40.5 Å². The Morgan fingerprint density at radius 2 is 1.92 bits per heavy atom. The molecule has 2 unspecified atom stereocenters. The number of rotatable bonds is 6. The highest BCUT2D eigenvalue weighted by Crippen LogP contribution is 2.09. The lowest BCUT2D eigenvalue weighted by Crippen LogP contribution is -2.39. The Hall–Kier alpha value is -0.300. The van der Waals surface area contributed by atoms with Crippen LogP contribution in [0.15, 0.2) is 12.7 Å². The van der Waals surface area contributed by atoms with Crippen molar-refractivity contribution in [1.82, 2.24) is 4.90 Å². The summed E-state index contributed by atoms with van der Waals surface area (Å²) in [5, 5.41) is 0. The van der Waals surface area contributed by atoms with Crippen molar-refractivity contribution in [3.8, 4) is 0 Å². The van der Waals surface area contributed by atoms with E-state index in [4.69, 9.17) is 0 Å². The van der Waals surface area contributed by atoms with Crippen molar-refractivity contribution >= 4 is 0 Å². The molecule has 0 aliphatic carbocycles. The Kier molecular flexibility index (Phi) is 6.09. The molecule has 0 aliphatic heterocycles. The Morgan fingerprint density at radius 3 is 2.25 bits per heavy atom. The lowest BCUT2D eigenvalue weighted by Gasteiger charge is -2.32. The second-order valence-corrected chi connectivity index (χ2v) is 3.47. The zero-order valence-electron chi connectivity index (χ0n) is 9.01. The first-order valence-corrected chi connectivity index (χ1v) is 5.05. The average Bonchev–Trinajstić information content (AvgIpc) is 2.11. The molecule has 0 spiro atoms. The maximum Gasteiger partial charge on any atom is 0.0250 e. The second kappa shape index (κ2) is 6.24. The number of hydrogen-bond acceptors (Lipinski definition) is 1. The standard InChI is InChI=1S/C11H23N/c1-6-9-12(10(4)7-2)11(5)8-3/h7,10-11H,2,6,8-9H2,1,3-5H3. The van der Waals surface area contributed by atoms with E-state index in [9.17, 15) is 0 Å². The summed E-state index contributed by atoms with van der Waals surface area (Å²) >= 11 is 0. The van der Waals surface area contributed by atoms with E-state index in [1.54, 1.807) is 0 Å². The van der Waals surface area contributed by atoms with Gasteiger partial charge in [-0.05, 0) is 33.2 Å². The summed E-state index contributed by atoms with van der Waals surface area (Å²) in [5.74, 6) is 0. The van der Waals surface area contributed by atoms with Crippen LogP contribution in [0.3, 0.4) is 0 Å². The highest BCUT2D eigenvalue weighted by molar-refractivity contribution is 4.86. The normalized spacial score (nSPS) is 16.1. The molecule has 0 aliphatic rings. The van der Waals surface area contributed by atoms with Crippen LogP contribution < -0.4 is 0 Å². The van der Waals surface area contributed by atoms with E-state index in [1.807, 2.05) is 6.08 Å².